The Bertz CT molecular complexity index is 1560. The van der Waals surface area contributed by atoms with Gasteiger partial charge in [0.25, 0.3) is 5.91 Å². The Morgan fingerprint density at radius 1 is 0.854 bits per heavy atom. The lowest BCUT2D eigenvalue weighted by Gasteiger charge is -2.23. The number of fused-ring (bicyclic) bond motifs is 1. The molecular formula is C33H35N5O3. The Morgan fingerprint density at radius 2 is 1.56 bits per heavy atom. The standard InChI is InChI=1S/C33H35N5O3/c39-31(17-21-1-2-21)25-7-3-23(4-8-25)28-18-29(34-19-22-13-15-41-16-14-22)32-35-20-30(38(32)37-28)24-5-9-26(10-6-24)33(40)36-27-11-12-27/h3-10,18,20-22,27,34H,1-2,11-17,19H2,(H,36,40). The van der Waals surface area contributed by atoms with Crippen molar-refractivity contribution in [3.8, 4) is 22.5 Å². The molecule has 1 saturated heterocycles. The number of benzene rings is 2. The summed E-state index contributed by atoms with van der Waals surface area (Å²) in [6.45, 7) is 2.44. The molecule has 3 aliphatic rings. The third-order valence-corrected chi connectivity index (χ3v) is 8.42. The predicted molar refractivity (Wildman–Crippen MR) is 158 cm³/mol. The number of rotatable bonds is 10. The Kier molecular flexibility index (Phi) is 7.00. The number of carbonyl (C=O) groups excluding carboxylic acids is 2. The number of nitrogens with zero attached hydrogens (tertiary/aromatic N) is 3. The second-order valence-corrected chi connectivity index (χ2v) is 11.7. The van der Waals surface area contributed by atoms with Crippen LogP contribution in [0.1, 0.15) is 65.7 Å². The molecule has 3 fully saturated rings. The maximum Gasteiger partial charge on any atom is 0.251 e. The van der Waals surface area contributed by atoms with Crippen LogP contribution in [0.25, 0.3) is 28.2 Å². The van der Waals surface area contributed by atoms with Crippen molar-refractivity contribution in [2.75, 3.05) is 25.1 Å². The first-order chi connectivity index (χ1) is 20.1. The maximum atomic E-state index is 12.6. The Balaban J connectivity index is 1.21. The summed E-state index contributed by atoms with van der Waals surface area (Å²) in [5.41, 5.74) is 6.60. The lowest BCUT2D eigenvalue weighted by atomic mass is 10.0. The molecule has 0 radical (unpaired) electrons. The third kappa shape index (κ3) is 5.88. The average molecular weight is 550 g/mol. The Morgan fingerprint density at radius 3 is 2.27 bits per heavy atom. The summed E-state index contributed by atoms with van der Waals surface area (Å²) < 4.78 is 7.43. The summed E-state index contributed by atoms with van der Waals surface area (Å²) in [7, 11) is 0. The number of aromatic nitrogens is 3. The van der Waals surface area contributed by atoms with Crippen LogP contribution in [0.4, 0.5) is 5.69 Å². The number of imidazole rings is 1. The average Bonchev–Trinajstić information content (AvgIpc) is 3.96. The van der Waals surface area contributed by atoms with Crippen molar-refractivity contribution >= 4 is 23.0 Å². The molecular weight excluding hydrogens is 514 g/mol. The maximum absolute atomic E-state index is 12.6. The summed E-state index contributed by atoms with van der Waals surface area (Å²) in [6.07, 6.45) is 9.01. The van der Waals surface area contributed by atoms with E-state index in [1.807, 2.05) is 59.2 Å². The van der Waals surface area contributed by atoms with Gasteiger partial charge in [0.05, 0.1) is 23.3 Å². The SMILES string of the molecule is O=C(CC1CC1)c1ccc(-c2cc(NCC3CCOCC3)c3ncc(-c4ccc(C(=O)NC5CC5)cc4)n3n2)cc1. The largest absolute Gasteiger partial charge is 0.382 e. The van der Waals surface area contributed by atoms with Crippen LogP contribution in [0.15, 0.2) is 60.8 Å². The molecule has 2 N–H and O–H groups in total. The molecule has 0 atom stereocenters. The number of hydrogen-bond donors (Lipinski definition) is 2. The number of anilines is 1. The fourth-order valence-electron chi connectivity index (χ4n) is 5.46. The number of ether oxygens (including phenoxy) is 1. The van der Waals surface area contributed by atoms with E-state index in [0.717, 1.165) is 84.9 Å². The van der Waals surface area contributed by atoms with Gasteiger partial charge in [0, 0.05) is 54.5 Å². The predicted octanol–water partition coefficient (Wildman–Crippen LogP) is 5.78. The van der Waals surface area contributed by atoms with Gasteiger partial charge in [-0.05, 0) is 68.6 Å². The molecule has 0 spiro atoms. The molecule has 1 amide bonds. The van der Waals surface area contributed by atoms with Crippen LogP contribution in [0.3, 0.4) is 0 Å². The van der Waals surface area contributed by atoms with Crippen molar-refractivity contribution in [2.24, 2.45) is 11.8 Å². The van der Waals surface area contributed by atoms with Crippen molar-refractivity contribution in [3.05, 3.63) is 71.9 Å². The van der Waals surface area contributed by atoms with E-state index in [4.69, 9.17) is 14.8 Å². The van der Waals surface area contributed by atoms with Gasteiger partial charge < -0.3 is 15.4 Å². The molecule has 7 rings (SSSR count). The lowest BCUT2D eigenvalue weighted by Crippen LogP contribution is -2.25. The smallest absolute Gasteiger partial charge is 0.251 e. The monoisotopic (exact) mass is 549 g/mol. The highest BCUT2D eigenvalue weighted by atomic mass is 16.5. The second kappa shape index (κ2) is 11.1. The molecule has 2 saturated carbocycles. The van der Waals surface area contributed by atoms with E-state index in [9.17, 15) is 9.59 Å². The van der Waals surface area contributed by atoms with E-state index in [-0.39, 0.29) is 11.7 Å². The Labute approximate surface area is 239 Å². The van der Waals surface area contributed by atoms with Crippen LogP contribution in [0.5, 0.6) is 0 Å². The highest BCUT2D eigenvalue weighted by Crippen LogP contribution is 2.34. The minimum absolute atomic E-state index is 0.0312. The van der Waals surface area contributed by atoms with Gasteiger partial charge in [0.1, 0.15) is 0 Å². The lowest BCUT2D eigenvalue weighted by molar-refractivity contribution is 0.0699. The minimum Gasteiger partial charge on any atom is -0.382 e. The van der Waals surface area contributed by atoms with Crippen LogP contribution in [-0.2, 0) is 4.74 Å². The summed E-state index contributed by atoms with van der Waals surface area (Å²) in [6, 6.07) is 17.8. The normalized spacial score (nSPS) is 17.5. The number of ketones is 1. The summed E-state index contributed by atoms with van der Waals surface area (Å²) in [5.74, 6) is 1.29. The van der Waals surface area contributed by atoms with Gasteiger partial charge in [-0.15, -0.1) is 0 Å². The third-order valence-electron chi connectivity index (χ3n) is 8.42. The van der Waals surface area contributed by atoms with Gasteiger partial charge in [0.2, 0.25) is 0 Å². The molecule has 210 valence electrons. The van der Waals surface area contributed by atoms with Crippen molar-refractivity contribution in [1.82, 2.24) is 19.9 Å². The zero-order valence-electron chi connectivity index (χ0n) is 23.1. The Hall–Kier alpha value is -4.04. The molecule has 4 aromatic rings. The summed E-state index contributed by atoms with van der Waals surface area (Å²) >= 11 is 0. The fourth-order valence-corrected chi connectivity index (χ4v) is 5.46. The topological polar surface area (TPSA) is 97.6 Å². The molecule has 0 unspecified atom stereocenters. The highest BCUT2D eigenvalue weighted by molar-refractivity contribution is 5.97. The summed E-state index contributed by atoms with van der Waals surface area (Å²) in [4.78, 5) is 29.9. The van der Waals surface area contributed by atoms with Gasteiger partial charge in [0.15, 0.2) is 11.4 Å². The first kappa shape index (κ1) is 25.9. The molecule has 41 heavy (non-hydrogen) atoms. The van der Waals surface area contributed by atoms with Crippen molar-refractivity contribution in [2.45, 2.75) is 51.0 Å². The van der Waals surface area contributed by atoms with Crippen molar-refractivity contribution in [3.63, 3.8) is 0 Å². The summed E-state index contributed by atoms with van der Waals surface area (Å²) in [5, 5.41) is 11.7. The van der Waals surface area contributed by atoms with E-state index in [0.29, 0.717) is 29.9 Å². The fraction of sp³-hybridized carbons (Fsp3) is 0.394. The van der Waals surface area contributed by atoms with Crippen LogP contribution in [0.2, 0.25) is 0 Å². The number of carbonyl (C=O) groups is 2. The van der Waals surface area contributed by atoms with E-state index in [1.54, 1.807) is 0 Å². The number of hydrogen-bond acceptors (Lipinski definition) is 6. The van der Waals surface area contributed by atoms with Gasteiger partial charge in [-0.25, -0.2) is 9.50 Å². The zero-order chi connectivity index (χ0) is 27.8. The molecule has 2 aliphatic carbocycles. The van der Waals surface area contributed by atoms with Crippen molar-refractivity contribution < 1.29 is 14.3 Å². The first-order valence-corrected chi connectivity index (χ1v) is 14.9. The van der Waals surface area contributed by atoms with Gasteiger partial charge >= 0.3 is 0 Å². The molecule has 2 aromatic carbocycles. The van der Waals surface area contributed by atoms with Gasteiger partial charge in [-0.1, -0.05) is 36.4 Å². The minimum atomic E-state index is -0.0312. The number of Topliss-reactive ketones (excluding diaryl/α,β-unsaturated/α-hetero) is 1. The van der Waals surface area contributed by atoms with Gasteiger partial charge in [-0.3, -0.25) is 9.59 Å². The zero-order valence-corrected chi connectivity index (χ0v) is 23.1. The van der Waals surface area contributed by atoms with Crippen LogP contribution in [-0.4, -0.2) is 52.1 Å². The van der Waals surface area contributed by atoms with Gasteiger partial charge in [-0.2, -0.15) is 5.10 Å². The molecule has 2 aromatic heterocycles. The van der Waals surface area contributed by atoms with Crippen LogP contribution in [0, 0.1) is 11.8 Å². The molecule has 1 aliphatic heterocycles. The van der Waals surface area contributed by atoms with E-state index < -0.39 is 0 Å². The molecule has 8 nitrogen and oxygen atoms in total. The van der Waals surface area contributed by atoms with E-state index >= 15 is 0 Å². The second-order valence-electron chi connectivity index (χ2n) is 11.7. The molecule has 3 heterocycles. The molecule has 8 heteroatoms. The van der Waals surface area contributed by atoms with Crippen LogP contribution >= 0.6 is 0 Å². The van der Waals surface area contributed by atoms with E-state index in [1.165, 1.54) is 12.8 Å². The number of amides is 1. The number of nitrogens with one attached hydrogen (secondary N) is 2. The highest BCUT2D eigenvalue weighted by Gasteiger charge is 2.25. The van der Waals surface area contributed by atoms with Crippen LogP contribution < -0.4 is 10.6 Å². The first-order valence-electron chi connectivity index (χ1n) is 14.9. The van der Waals surface area contributed by atoms with Crippen molar-refractivity contribution in [1.29, 1.82) is 0 Å². The molecule has 0 bridgehead atoms. The quantitative estimate of drug-likeness (QED) is 0.244. The van der Waals surface area contributed by atoms with E-state index in [2.05, 4.69) is 16.7 Å².